The van der Waals surface area contributed by atoms with E-state index in [4.69, 9.17) is 21.7 Å². The lowest BCUT2D eigenvalue weighted by atomic mass is 10.2. The van der Waals surface area contributed by atoms with Crippen LogP contribution in [0.15, 0.2) is 0 Å². The maximum atomic E-state index is 10.8. The van der Waals surface area contributed by atoms with Crippen LogP contribution in [0, 0.1) is 0 Å². The van der Waals surface area contributed by atoms with E-state index >= 15 is 0 Å². The third-order valence-corrected chi connectivity index (χ3v) is 2.24. The number of carbonyl (C=O) groups is 4. The average Bonchev–Trinajstić information content (AvgIpc) is 2.42. The highest BCUT2D eigenvalue weighted by Crippen LogP contribution is 1.96. The first-order valence-corrected chi connectivity index (χ1v) is 6.44. The molecule has 0 aromatic carbocycles. The first-order chi connectivity index (χ1) is 10.1. The summed E-state index contributed by atoms with van der Waals surface area (Å²) in [7, 11) is 0. The van der Waals surface area contributed by atoms with Crippen molar-refractivity contribution in [3.8, 4) is 0 Å². The molecule has 0 aliphatic carbocycles. The first-order valence-electron chi connectivity index (χ1n) is 6.44. The summed E-state index contributed by atoms with van der Waals surface area (Å²) in [5.41, 5.74) is 10.3. The molecule has 10 nitrogen and oxygen atoms in total. The van der Waals surface area contributed by atoms with Crippen LogP contribution in [0.2, 0.25) is 0 Å². The van der Waals surface area contributed by atoms with Gasteiger partial charge >= 0.3 is 17.9 Å². The van der Waals surface area contributed by atoms with Crippen molar-refractivity contribution < 1.29 is 39.2 Å². The van der Waals surface area contributed by atoms with Crippen LogP contribution >= 0.6 is 0 Å². The normalized spacial score (nSPS) is 12.3. The molecule has 0 aliphatic rings. The largest absolute Gasteiger partial charge is 0.550 e. The van der Waals surface area contributed by atoms with Crippen LogP contribution in [0.1, 0.15) is 32.6 Å². The third kappa shape index (κ3) is 14.2. The number of aliphatic carboxylic acids is 3. The Morgan fingerprint density at radius 3 is 1.91 bits per heavy atom. The summed E-state index contributed by atoms with van der Waals surface area (Å²) in [6.07, 6.45) is -0.390. The fourth-order valence-corrected chi connectivity index (χ4v) is 1.04. The van der Waals surface area contributed by atoms with Crippen LogP contribution in [0.3, 0.4) is 0 Å². The fraction of sp³-hybridized carbons (Fsp3) is 0.667. The second kappa shape index (κ2) is 12.5. The van der Waals surface area contributed by atoms with Crippen LogP contribution in [-0.2, 0) is 23.9 Å². The molecule has 10 heteroatoms. The van der Waals surface area contributed by atoms with Gasteiger partial charge in [0.15, 0.2) is 0 Å². The van der Waals surface area contributed by atoms with Gasteiger partial charge < -0.3 is 36.3 Å². The molecule has 0 fully saturated rings. The summed E-state index contributed by atoms with van der Waals surface area (Å²) in [6, 6.07) is -1.92. The SMILES string of the molecule is CCOC(=O)[C@@H](N)CCC(=O)[O-].N[C@@H](CCC(=O)O)C(=O)O. The van der Waals surface area contributed by atoms with Crippen molar-refractivity contribution in [1.82, 2.24) is 0 Å². The summed E-state index contributed by atoms with van der Waals surface area (Å²) in [5.74, 6) is -3.98. The number of hydrogen-bond donors (Lipinski definition) is 4. The Bertz CT molecular complexity index is 385. The van der Waals surface area contributed by atoms with Crippen molar-refractivity contribution in [2.24, 2.45) is 11.5 Å². The van der Waals surface area contributed by atoms with Crippen molar-refractivity contribution >= 4 is 23.9 Å². The highest BCUT2D eigenvalue weighted by atomic mass is 16.5. The molecule has 0 saturated carbocycles. The van der Waals surface area contributed by atoms with Gasteiger partial charge in [0.1, 0.15) is 12.1 Å². The highest BCUT2D eigenvalue weighted by molar-refractivity contribution is 5.76. The van der Waals surface area contributed by atoms with Crippen molar-refractivity contribution in [2.75, 3.05) is 6.61 Å². The van der Waals surface area contributed by atoms with E-state index in [0.717, 1.165) is 0 Å². The summed E-state index contributed by atoms with van der Waals surface area (Å²) < 4.78 is 4.56. The van der Waals surface area contributed by atoms with E-state index in [-0.39, 0.29) is 32.3 Å². The quantitative estimate of drug-likeness (QED) is 0.334. The highest BCUT2D eigenvalue weighted by Gasteiger charge is 2.13. The lowest BCUT2D eigenvalue weighted by Gasteiger charge is -2.09. The zero-order valence-corrected chi connectivity index (χ0v) is 12.2. The predicted octanol–water partition coefficient (Wildman–Crippen LogP) is -2.33. The minimum Gasteiger partial charge on any atom is -0.550 e. The molecule has 0 amide bonds. The molecule has 0 saturated heterocycles. The minimum atomic E-state index is -1.21. The molecule has 2 atom stereocenters. The number of rotatable bonds is 9. The monoisotopic (exact) mass is 321 g/mol. The van der Waals surface area contributed by atoms with Crippen molar-refractivity contribution in [1.29, 1.82) is 0 Å². The maximum Gasteiger partial charge on any atom is 0.322 e. The lowest BCUT2D eigenvalue weighted by molar-refractivity contribution is -0.305. The molecule has 0 aliphatic heterocycles. The van der Waals surface area contributed by atoms with Crippen LogP contribution < -0.4 is 16.6 Å². The summed E-state index contributed by atoms with van der Waals surface area (Å²) in [5, 5.41) is 26.2. The first kappa shape index (κ1) is 22.1. The number of nitrogens with two attached hydrogens (primary N) is 2. The van der Waals surface area contributed by atoms with Gasteiger partial charge in [-0.2, -0.15) is 0 Å². The second-order valence-corrected chi connectivity index (χ2v) is 4.15. The number of hydrogen-bond acceptors (Lipinski definition) is 8. The van der Waals surface area contributed by atoms with Crippen LogP contribution in [-0.4, -0.2) is 52.8 Å². The molecule has 128 valence electrons. The average molecular weight is 321 g/mol. The Hall–Kier alpha value is -2.20. The summed E-state index contributed by atoms with van der Waals surface area (Å²) in [6.45, 7) is 1.90. The number of ether oxygens (including phenoxy) is 1. The summed E-state index contributed by atoms with van der Waals surface area (Å²) >= 11 is 0. The van der Waals surface area contributed by atoms with E-state index < -0.39 is 36.0 Å². The Kier molecular flexibility index (Phi) is 12.6. The molecule has 0 unspecified atom stereocenters. The Balaban J connectivity index is 0. The van der Waals surface area contributed by atoms with Crippen molar-refractivity contribution in [2.45, 2.75) is 44.7 Å². The zero-order valence-electron chi connectivity index (χ0n) is 12.2. The number of carbonyl (C=O) groups excluding carboxylic acids is 2. The number of carboxylic acids is 3. The van der Waals surface area contributed by atoms with Gasteiger partial charge in [0, 0.05) is 12.4 Å². The third-order valence-electron chi connectivity index (χ3n) is 2.24. The zero-order chi connectivity index (χ0) is 17.7. The van der Waals surface area contributed by atoms with Gasteiger partial charge in [-0.15, -0.1) is 0 Å². The van der Waals surface area contributed by atoms with Gasteiger partial charge in [0.2, 0.25) is 0 Å². The predicted molar refractivity (Wildman–Crippen MR) is 71.3 cm³/mol. The minimum absolute atomic E-state index is 0.0231. The van der Waals surface area contributed by atoms with Gasteiger partial charge in [-0.3, -0.25) is 14.4 Å². The van der Waals surface area contributed by atoms with E-state index in [1.165, 1.54) is 0 Å². The molecule has 0 spiro atoms. The van der Waals surface area contributed by atoms with E-state index in [1.807, 2.05) is 0 Å². The molecular formula is C12H21N2O8-. The maximum absolute atomic E-state index is 10.8. The number of carboxylic acid groups (broad SMARTS) is 3. The topological polar surface area (TPSA) is 193 Å². The van der Waals surface area contributed by atoms with Gasteiger partial charge in [-0.25, -0.2) is 0 Å². The molecule has 22 heavy (non-hydrogen) atoms. The standard InChI is InChI=1S/C7H13NO4.C5H9NO4/c1-2-12-7(11)5(8)3-4-6(9)10;6-3(5(9)10)1-2-4(7)8/h5H,2-4,8H2,1H3,(H,9,10);3H,1-2,6H2,(H,7,8)(H,9,10)/p-1/t5-;3-/m00/s1. The van der Waals surface area contributed by atoms with E-state index in [0.29, 0.717) is 0 Å². The van der Waals surface area contributed by atoms with Crippen LogP contribution in [0.5, 0.6) is 0 Å². The lowest BCUT2D eigenvalue weighted by Crippen LogP contribution is -2.34. The molecular weight excluding hydrogens is 300 g/mol. The smallest absolute Gasteiger partial charge is 0.322 e. The van der Waals surface area contributed by atoms with Gasteiger partial charge in [-0.05, 0) is 26.2 Å². The van der Waals surface area contributed by atoms with E-state index in [2.05, 4.69) is 4.74 Å². The molecule has 0 heterocycles. The molecule has 0 rings (SSSR count). The molecule has 0 bridgehead atoms. The van der Waals surface area contributed by atoms with Gasteiger partial charge in [0.05, 0.1) is 6.61 Å². The molecule has 0 aromatic heterocycles. The van der Waals surface area contributed by atoms with Gasteiger partial charge in [0.25, 0.3) is 0 Å². The van der Waals surface area contributed by atoms with E-state index in [1.54, 1.807) is 6.92 Å². The Morgan fingerprint density at radius 1 is 1.05 bits per heavy atom. The fourth-order valence-electron chi connectivity index (χ4n) is 1.04. The number of esters is 1. The molecule has 6 N–H and O–H groups in total. The second-order valence-electron chi connectivity index (χ2n) is 4.15. The molecule has 0 radical (unpaired) electrons. The van der Waals surface area contributed by atoms with E-state index in [9.17, 15) is 24.3 Å². The summed E-state index contributed by atoms with van der Waals surface area (Å²) in [4.78, 5) is 40.6. The van der Waals surface area contributed by atoms with Crippen LogP contribution in [0.4, 0.5) is 0 Å². The van der Waals surface area contributed by atoms with Crippen LogP contribution in [0.25, 0.3) is 0 Å². The van der Waals surface area contributed by atoms with Crippen molar-refractivity contribution in [3.05, 3.63) is 0 Å². The van der Waals surface area contributed by atoms with Crippen molar-refractivity contribution in [3.63, 3.8) is 0 Å². The Labute approximate surface area is 127 Å². The molecule has 0 aromatic rings. The van der Waals surface area contributed by atoms with Gasteiger partial charge in [-0.1, -0.05) is 0 Å². The Morgan fingerprint density at radius 2 is 1.55 bits per heavy atom.